The summed E-state index contributed by atoms with van der Waals surface area (Å²) in [5.74, 6) is -0.0258. The largest absolute Gasteiger partial charge is 0.372 e. The predicted octanol–water partition coefficient (Wildman–Crippen LogP) is 1.20. The highest BCUT2D eigenvalue weighted by molar-refractivity contribution is 5.96. The second-order valence-electron chi connectivity index (χ2n) is 8.66. The fourth-order valence-electron chi connectivity index (χ4n) is 5.07. The van der Waals surface area contributed by atoms with Gasteiger partial charge in [-0.05, 0) is 49.4 Å². The molecule has 1 aromatic carbocycles. The van der Waals surface area contributed by atoms with Crippen molar-refractivity contribution in [1.82, 2.24) is 15.1 Å². The summed E-state index contributed by atoms with van der Waals surface area (Å²) >= 11 is 0. The van der Waals surface area contributed by atoms with E-state index < -0.39 is 5.54 Å². The van der Waals surface area contributed by atoms with Crippen LogP contribution in [-0.4, -0.2) is 58.2 Å². The molecular formula is C21H25N3O4. The van der Waals surface area contributed by atoms with E-state index in [1.165, 1.54) is 0 Å². The van der Waals surface area contributed by atoms with Crippen molar-refractivity contribution in [3.8, 4) is 0 Å². The molecule has 3 amide bonds. The molecule has 0 radical (unpaired) electrons. The molecule has 5 aliphatic heterocycles. The molecule has 5 heterocycles. The molecule has 28 heavy (non-hydrogen) atoms. The fraction of sp³-hybridized carbons (Fsp3) is 0.571. The summed E-state index contributed by atoms with van der Waals surface area (Å²) in [7, 11) is 0. The van der Waals surface area contributed by atoms with Crippen LogP contribution in [-0.2, 0) is 27.5 Å². The maximum atomic E-state index is 13.2. The van der Waals surface area contributed by atoms with Crippen molar-refractivity contribution < 1.29 is 19.1 Å². The minimum absolute atomic E-state index is 0.00479. The van der Waals surface area contributed by atoms with E-state index in [-0.39, 0.29) is 29.8 Å². The molecule has 7 nitrogen and oxygen atoms in total. The third-order valence-electron chi connectivity index (χ3n) is 6.76. The summed E-state index contributed by atoms with van der Waals surface area (Å²) in [5, 5.41) is 2.85. The molecule has 0 aromatic heterocycles. The molecule has 2 bridgehead atoms. The van der Waals surface area contributed by atoms with Gasteiger partial charge in [0.05, 0.1) is 13.2 Å². The molecule has 0 saturated carbocycles. The number of piperidine rings is 2. The first-order valence-corrected chi connectivity index (χ1v) is 10.1. The van der Waals surface area contributed by atoms with Gasteiger partial charge in [0.2, 0.25) is 11.8 Å². The summed E-state index contributed by atoms with van der Waals surface area (Å²) in [5.41, 5.74) is 2.14. The van der Waals surface area contributed by atoms with Crippen LogP contribution in [0, 0.1) is 0 Å². The van der Waals surface area contributed by atoms with Crippen LogP contribution >= 0.6 is 0 Å². The number of rotatable bonds is 2. The van der Waals surface area contributed by atoms with Crippen molar-refractivity contribution in [2.45, 2.75) is 63.4 Å². The number of carbonyl (C=O) groups is 3. The molecule has 3 atom stereocenters. The lowest BCUT2D eigenvalue weighted by atomic mass is 9.87. The number of hydrogen-bond donors (Lipinski definition) is 1. The van der Waals surface area contributed by atoms with E-state index in [1.54, 1.807) is 0 Å². The Kier molecular flexibility index (Phi) is 3.98. The molecular weight excluding hydrogens is 358 g/mol. The zero-order chi connectivity index (χ0) is 19.5. The van der Waals surface area contributed by atoms with Gasteiger partial charge < -0.3 is 19.9 Å². The highest BCUT2D eigenvalue weighted by Crippen LogP contribution is 2.34. The van der Waals surface area contributed by atoms with Crippen LogP contribution in [0.1, 0.15) is 54.1 Å². The summed E-state index contributed by atoms with van der Waals surface area (Å²) in [6.45, 7) is 4.11. The van der Waals surface area contributed by atoms with Crippen molar-refractivity contribution in [2.24, 2.45) is 0 Å². The zero-order valence-electron chi connectivity index (χ0n) is 16.1. The molecule has 6 rings (SSSR count). The van der Waals surface area contributed by atoms with Crippen LogP contribution in [0.4, 0.5) is 0 Å². The number of carbonyl (C=O) groups excluding carboxylic acids is 3. The van der Waals surface area contributed by atoms with Gasteiger partial charge in [-0.25, -0.2) is 0 Å². The number of hydrogen-bond acceptors (Lipinski definition) is 4. The van der Waals surface area contributed by atoms with Crippen molar-refractivity contribution in [2.75, 3.05) is 13.1 Å². The smallest absolute Gasteiger partial charge is 0.254 e. The maximum Gasteiger partial charge on any atom is 0.254 e. The average Bonchev–Trinajstić information content (AvgIpc) is 3.33. The topological polar surface area (TPSA) is 79.0 Å². The third kappa shape index (κ3) is 2.71. The average molecular weight is 383 g/mol. The van der Waals surface area contributed by atoms with Gasteiger partial charge in [-0.15, -0.1) is 0 Å². The Morgan fingerprint density at radius 3 is 2.50 bits per heavy atom. The van der Waals surface area contributed by atoms with Gasteiger partial charge in [-0.3, -0.25) is 14.4 Å². The number of ether oxygens (including phenoxy) is 1. The van der Waals surface area contributed by atoms with Crippen LogP contribution in [0.25, 0.3) is 0 Å². The van der Waals surface area contributed by atoms with E-state index in [4.69, 9.17) is 4.74 Å². The number of piperazine rings is 1. The van der Waals surface area contributed by atoms with Crippen molar-refractivity contribution in [3.05, 3.63) is 34.9 Å². The van der Waals surface area contributed by atoms with E-state index in [2.05, 4.69) is 5.32 Å². The van der Waals surface area contributed by atoms with Crippen LogP contribution in [0.3, 0.4) is 0 Å². The van der Waals surface area contributed by atoms with Gasteiger partial charge in [0.1, 0.15) is 5.54 Å². The van der Waals surface area contributed by atoms with Gasteiger partial charge in [-0.2, -0.15) is 0 Å². The number of nitrogens with zero attached hydrogens (tertiary/aromatic N) is 2. The highest BCUT2D eigenvalue weighted by atomic mass is 16.5. The lowest BCUT2D eigenvalue weighted by Gasteiger charge is -2.52. The second-order valence-corrected chi connectivity index (χ2v) is 8.66. The molecule has 148 valence electrons. The lowest BCUT2D eigenvalue weighted by Crippen LogP contribution is -2.68. The Balaban J connectivity index is 1.32. The van der Waals surface area contributed by atoms with Crippen LogP contribution < -0.4 is 5.32 Å². The number of fused-ring (bicyclic) bond motifs is 4. The van der Waals surface area contributed by atoms with Gasteiger partial charge in [0.15, 0.2) is 0 Å². The normalized spacial score (nSPS) is 31.1. The molecule has 0 aliphatic carbocycles. The summed E-state index contributed by atoms with van der Waals surface area (Å²) in [4.78, 5) is 41.8. The first-order chi connectivity index (χ1) is 13.4. The van der Waals surface area contributed by atoms with Crippen LogP contribution in [0.2, 0.25) is 0 Å². The highest BCUT2D eigenvalue weighted by Gasteiger charge is 2.49. The van der Waals surface area contributed by atoms with Crippen LogP contribution in [0.5, 0.6) is 0 Å². The molecule has 7 heteroatoms. The summed E-state index contributed by atoms with van der Waals surface area (Å²) in [6, 6.07) is 5.87. The minimum atomic E-state index is -0.802. The number of benzene rings is 1. The number of amides is 3. The van der Waals surface area contributed by atoms with Crippen molar-refractivity contribution in [1.29, 1.82) is 0 Å². The standard InChI is InChI=1S/C21H25N3O4/c1-21(7-6-18(25)22-21)20(27)24-10-16-4-5-17(24)9-23(16)19(26)13-2-3-14-11-28-12-15(14)8-13/h2-3,8,16-17H,4-7,9-12H2,1H3,(H,22,25)/t16?,17?,21-/m1/s1. The Morgan fingerprint density at radius 2 is 1.82 bits per heavy atom. The third-order valence-corrected chi connectivity index (χ3v) is 6.76. The van der Waals surface area contributed by atoms with Gasteiger partial charge in [-0.1, -0.05) is 6.07 Å². The van der Waals surface area contributed by atoms with E-state index >= 15 is 0 Å². The first kappa shape index (κ1) is 17.7. The quantitative estimate of drug-likeness (QED) is 0.832. The Morgan fingerprint density at radius 1 is 1.11 bits per heavy atom. The zero-order valence-corrected chi connectivity index (χ0v) is 16.1. The van der Waals surface area contributed by atoms with Crippen molar-refractivity contribution >= 4 is 17.7 Å². The maximum absolute atomic E-state index is 13.2. The van der Waals surface area contributed by atoms with Gasteiger partial charge in [0.25, 0.3) is 5.91 Å². The lowest BCUT2D eigenvalue weighted by molar-refractivity contribution is -0.147. The Hall–Kier alpha value is -2.41. The van der Waals surface area contributed by atoms with E-state index in [9.17, 15) is 14.4 Å². The van der Waals surface area contributed by atoms with E-state index in [1.807, 2.05) is 34.9 Å². The van der Waals surface area contributed by atoms with Gasteiger partial charge in [0, 0.05) is 37.2 Å². The molecule has 4 saturated heterocycles. The van der Waals surface area contributed by atoms with Crippen LogP contribution in [0.15, 0.2) is 18.2 Å². The molecule has 1 N–H and O–H groups in total. The molecule has 2 unspecified atom stereocenters. The predicted molar refractivity (Wildman–Crippen MR) is 100 cm³/mol. The fourth-order valence-corrected chi connectivity index (χ4v) is 5.07. The van der Waals surface area contributed by atoms with Crippen molar-refractivity contribution in [3.63, 3.8) is 0 Å². The minimum Gasteiger partial charge on any atom is -0.372 e. The van der Waals surface area contributed by atoms with E-state index in [0.717, 1.165) is 24.0 Å². The van der Waals surface area contributed by atoms with Gasteiger partial charge >= 0.3 is 0 Å². The monoisotopic (exact) mass is 383 g/mol. The molecule has 1 aromatic rings. The summed E-state index contributed by atoms with van der Waals surface area (Å²) in [6.07, 6.45) is 2.76. The molecule has 0 spiro atoms. The molecule has 4 fully saturated rings. The second kappa shape index (κ2) is 6.30. The SMILES string of the molecule is C[C@]1(C(=O)N2CC3CCC2CN3C(=O)c2ccc3c(c2)COC3)CCC(=O)N1. The molecule has 5 aliphatic rings. The van der Waals surface area contributed by atoms with E-state index in [0.29, 0.717) is 44.7 Å². The number of nitrogens with one attached hydrogen (secondary N) is 1. The first-order valence-electron chi connectivity index (χ1n) is 10.1. The Bertz CT molecular complexity index is 869. The summed E-state index contributed by atoms with van der Waals surface area (Å²) < 4.78 is 5.45. The Labute approximate surface area is 164 Å².